The number of ether oxygens (including phenoxy) is 1. The summed E-state index contributed by atoms with van der Waals surface area (Å²) in [4.78, 5) is 44.1. The lowest BCUT2D eigenvalue weighted by Crippen LogP contribution is -2.49. The van der Waals surface area contributed by atoms with Crippen molar-refractivity contribution in [2.24, 2.45) is 23.7 Å². The van der Waals surface area contributed by atoms with Gasteiger partial charge in [0.2, 0.25) is 11.8 Å². The van der Waals surface area contributed by atoms with Crippen LogP contribution in [0.3, 0.4) is 0 Å². The van der Waals surface area contributed by atoms with Crippen LogP contribution in [0.1, 0.15) is 47.5 Å². The van der Waals surface area contributed by atoms with Crippen LogP contribution in [0.4, 0.5) is 11.4 Å². The van der Waals surface area contributed by atoms with Gasteiger partial charge in [-0.05, 0) is 64.3 Å². The van der Waals surface area contributed by atoms with Crippen LogP contribution < -0.4 is 10.2 Å². The Kier molecular flexibility index (Phi) is 9.54. The highest BCUT2D eigenvalue weighted by Gasteiger charge is 2.58. The normalized spacial score (nSPS) is 25.9. The fourth-order valence-electron chi connectivity index (χ4n) is 5.74. The number of carbonyl (C=O) groups excluding carboxylic acids is 3. The number of nitrogens with one attached hydrogen (secondary N) is 1. The Morgan fingerprint density at radius 1 is 1.11 bits per heavy atom. The van der Waals surface area contributed by atoms with Gasteiger partial charge in [0, 0.05) is 30.4 Å². The quantitative estimate of drug-likeness (QED) is 0.357. The van der Waals surface area contributed by atoms with Crippen LogP contribution in [0.25, 0.3) is 0 Å². The average molecular weight is 500 g/mol. The van der Waals surface area contributed by atoms with Crippen molar-refractivity contribution in [3.8, 4) is 0 Å². The van der Waals surface area contributed by atoms with E-state index in [4.69, 9.17) is 4.74 Å². The van der Waals surface area contributed by atoms with E-state index < -0.39 is 35.8 Å². The molecule has 8 nitrogen and oxygen atoms in total. The summed E-state index contributed by atoms with van der Waals surface area (Å²) >= 11 is 0. The van der Waals surface area contributed by atoms with Crippen LogP contribution in [0, 0.1) is 23.7 Å². The molecule has 2 amide bonds. The summed E-state index contributed by atoms with van der Waals surface area (Å²) in [7, 11) is 0. The monoisotopic (exact) mass is 499 g/mol. The van der Waals surface area contributed by atoms with Crippen LogP contribution in [0.2, 0.25) is 0 Å². The summed E-state index contributed by atoms with van der Waals surface area (Å²) in [5.41, 5.74) is 1.70. The van der Waals surface area contributed by atoms with E-state index in [-0.39, 0.29) is 30.9 Å². The molecule has 1 aromatic carbocycles. The predicted octanol–water partition coefficient (Wildman–Crippen LogP) is 3.46. The minimum atomic E-state index is -0.831. The fourth-order valence-corrected chi connectivity index (χ4v) is 5.74. The molecule has 0 saturated carbocycles. The van der Waals surface area contributed by atoms with Crippen molar-refractivity contribution >= 4 is 29.2 Å². The zero-order valence-electron chi connectivity index (χ0n) is 22.1. The van der Waals surface area contributed by atoms with E-state index in [0.29, 0.717) is 5.69 Å². The lowest BCUT2D eigenvalue weighted by molar-refractivity contribution is -0.156. The summed E-state index contributed by atoms with van der Waals surface area (Å²) in [5.74, 6) is -2.94. The molecule has 0 radical (unpaired) electrons. The van der Waals surface area contributed by atoms with E-state index >= 15 is 0 Å². The molecule has 1 saturated heterocycles. The van der Waals surface area contributed by atoms with Crippen LogP contribution in [-0.2, 0) is 19.1 Å². The van der Waals surface area contributed by atoms with E-state index in [2.05, 4.69) is 24.1 Å². The van der Waals surface area contributed by atoms with Gasteiger partial charge < -0.3 is 25.0 Å². The predicted molar refractivity (Wildman–Crippen MR) is 140 cm³/mol. The smallest absolute Gasteiger partial charge is 0.310 e. The number of nitrogens with zero attached hydrogens (tertiary/aromatic N) is 2. The molecule has 0 unspecified atom stereocenters. The van der Waals surface area contributed by atoms with E-state index in [9.17, 15) is 19.5 Å². The first-order valence-electron chi connectivity index (χ1n) is 13.3. The minimum absolute atomic E-state index is 0.125. The molecule has 0 aromatic heterocycles. The van der Waals surface area contributed by atoms with Gasteiger partial charge in [-0.2, -0.15) is 0 Å². The molecule has 0 spiro atoms. The molecule has 198 valence electrons. The second-order valence-electron chi connectivity index (χ2n) is 9.65. The van der Waals surface area contributed by atoms with Gasteiger partial charge in [-0.25, -0.2) is 0 Å². The maximum Gasteiger partial charge on any atom is 0.310 e. The SMILES string of the molecule is CCC[C@@H]1C=C[C@H]2[C@@H](C(=O)N([C@H](C)CO)[C@@H]2C(=O)Nc2ccc(N(CC)CC)cc2)[C@@H]1C(=O)OCC. The van der Waals surface area contributed by atoms with Gasteiger partial charge in [0.15, 0.2) is 0 Å². The van der Waals surface area contributed by atoms with Gasteiger partial charge in [0.25, 0.3) is 0 Å². The number of rotatable bonds is 11. The molecule has 1 aromatic rings. The van der Waals surface area contributed by atoms with E-state index in [1.54, 1.807) is 13.8 Å². The Morgan fingerprint density at radius 2 is 1.78 bits per heavy atom. The number of amides is 2. The molecule has 3 rings (SSSR count). The van der Waals surface area contributed by atoms with Gasteiger partial charge in [0.05, 0.1) is 31.1 Å². The van der Waals surface area contributed by atoms with Crippen molar-refractivity contribution in [3.05, 3.63) is 36.4 Å². The summed E-state index contributed by atoms with van der Waals surface area (Å²) in [6, 6.07) is 6.25. The van der Waals surface area contributed by atoms with Gasteiger partial charge in [-0.3, -0.25) is 14.4 Å². The number of aliphatic hydroxyl groups is 1. The van der Waals surface area contributed by atoms with E-state index in [0.717, 1.165) is 31.6 Å². The molecule has 6 atom stereocenters. The van der Waals surface area contributed by atoms with Crippen LogP contribution >= 0.6 is 0 Å². The third-order valence-electron chi connectivity index (χ3n) is 7.50. The van der Waals surface area contributed by atoms with Crippen molar-refractivity contribution in [1.82, 2.24) is 4.90 Å². The number of hydrogen-bond acceptors (Lipinski definition) is 6. The molecular formula is C28H41N3O5. The second kappa shape index (κ2) is 12.4. The van der Waals surface area contributed by atoms with Crippen molar-refractivity contribution in [1.29, 1.82) is 0 Å². The number of anilines is 2. The Bertz CT molecular complexity index is 943. The summed E-state index contributed by atoms with van der Waals surface area (Å²) in [5, 5.41) is 12.9. The van der Waals surface area contributed by atoms with E-state index in [1.807, 2.05) is 43.3 Å². The zero-order valence-corrected chi connectivity index (χ0v) is 22.1. The summed E-state index contributed by atoms with van der Waals surface area (Å²) < 4.78 is 5.38. The van der Waals surface area contributed by atoms with Crippen molar-refractivity contribution in [3.63, 3.8) is 0 Å². The summed E-state index contributed by atoms with van der Waals surface area (Å²) in [6.07, 6.45) is 5.52. The fraction of sp³-hybridized carbons (Fsp3) is 0.607. The Balaban J connectivity index is 1.93. The van der Waals surface area contributed by atoms with Crippen molar-refractivity contribution in [2.75, 3.05) is 36.5 Å². The molecule has 1 heterocycles. The Morgan fingerprint density at radius 3 is 2.33 bits per heavy atom. The number of benzene rings is 1. The first-order chi connectivity index (χ1) is 17.3. The zero-order chi connectivity index (χ0) is 26.4. The second-order valence-corrected chi connectivity index (χ2v) is 9.65. The number of hydrogen-bond donors (Lipinski definition) is 2. The Labute approximate surface area is 214 Å². The average Bonchev–Trinajstić information content (AvgIpc) is 3.18. The molecule has 36 heavy (non-hydrogen) atoms. The number of fused-ring (bicyclic) bond motifs is 1. The molecule has 1 fully saturated rings. The number of aliphatic hydroxyl groups excluding tert-OH is 1. The highest BCUT2D eigenvalue weighted by atomic mass is 16.5. The first kappa shape index (κ1) is 27.7. The van der Waals surface area contributed by atoms with Gasteiger partial charge in [-0.1, -0.05) is 25.5 Å². The van der Waals surface area contributed by atoms with Crippen molar-refractivity contribution in [2.45, 2.75) is 59.5 Å². The van der Waals surface area contributed by atoms with Crippen LogP contribution in [0.15, 0.2) is 36.4 Å². The minimum Gasteiger partial charge on any atom is -0.466 e. The van der Waals surface area contributed by atoms with Crippen molar-refractivity contribution < 1.29 is 24.2 Å². The van der Waals surface area contributed by atoms with Gasteiger partial charge in [-0.15, -0.1) is 0 Å². The largest absolute Gasteiger partial charge is 0.466 e. The number of likely N-dealkylation sites (tertiary alicyclic amines) is 1. The molecule has 1 aliphatic heterocycles. The molecule has 1 aliphatic carbocycles. The third kappa shape index (κ3) is 5.43. The topological polar surface area (TPSA) is 99.2 Å². The molecule has 8 heteroatoms. The number of esters is 1. The maximum atomic E-state index is 13.7. The maximum absolute atomic E-state index is 13.7. The molecular weight excluding hydrogens is 458 g/mol. The highest BCUT2D eigenvalue weighted by Crippen LogP contribution is 2.46. The third-order valence-corrected chi connectivity index (χ3v) is 7.50. The van der Waals surface area contributed by atoms with E-state index in [1.165, 1.54) is 4.90 Å². The highest BCUT2D eigenvalue weighted by molar-refractivity contribution is 6.01. The number of carbonyl (C=O) groups is 3. The molecule has 0 bridgehead atoms. The number of allylic oxidation sites excluding steroid dienone is 1. The van der Waals surface area contributed by atoms with Crippen LogP contribution in [-0.4, -0.2) is 66.2 Å². The van der Waals surface area contributed by atoms with Crippen LogP contribution in [0.5, 0.6) is 0 Å². The van der Waals surface area contributed by atoms with Gasteiger partial charge >= 0.3 is 5.97 Å². The standard InChI is InChI=1S/C28H41N3O5/c1-6-10-19-11-16-22-24(23(19)28(35)36-9-4)27(34)31(18(5)17-32)25(22)26(33)29-20-12-14-21(15-13-20)30(7-2)8-3/h11-16,18-19,22-25,32H,6-10,17H2,1-5H3,(H,29,33)/t18-,19-,22+,23-,24-,25+/m1/s1. The van der Waals surface area contributed by atoms with Gasteiger partial charge in [0.1, 0.15) is 6.04 Å². The summed E-state index contributed by atoms with van der Waals surface area (Å²) in [6.45, 7) is 11.4. The Hall–Kier alpha value is -2.87. The lowest BCUT2D eigenvalue weighted by Gasteiger charge is -2.34. The molecule has 2 aliphatic rings. The molecule has 2 N–H and O–H groups in total. The first-order valence-corrected chi connectivity index (χ1v) is 13.3. The lowest BCUT2D eigenvalue weighted by atomic mass is 9.69.